The van der Waals surface area contributed by atoms with Crippen LogP contribution in [0.3, 0.4) is 0 Å². The van der Waals surface area contributed by atoms with Crippen molar-refractivity contribution in [3.05, 3.63) is 72.2 Å². The number of hydrogen-bond acceptors (Lipinski definition) is 2. The molecule has 0 atom stereocenters. The molecule has 0 fully saturated rings. The number of nitrogens with one attached hydrogen (secondary N) is 1. The highest BCUT2D eigenvalue weighted by Crippen LogP contribution is 2.25. The van der Waals surface area contributed by atoms with Gasteiger partial charge in [-0.15, -0.1) is 0 Å². The summed E-state index contributed by atoms with van der Waals surface area (Å²) in [5.74, 6) is -0.289. The second-order valence-electron chi connectivity index (χ2n) is 7.21. The number of para-hydroxylation sites is 1. The van der Waals surface area contributed by atoms with Gasteiger partial charge in [0.15, 0.2) is 0 Å². The van der Waals surface area contributed by atoms with Crippen molar-refractivity contribution in [1.29, 1.82) is 0 Å². The van der Waals surface area contributed by atoms with E-state index in [-0.39, 0.29) is 11.7 Å². The Labute approximate surface area is 159 Å². The third kappa shape index (κ3) is 4.25. The Balaban J connectivity index is 1.94. The maximum Gasteiger partial charge on any atom is 0.225 e. The van der Waals surface area contributed by atoms with Crippen LogP contribution in [0.1, 0.15) is 32.8 Å². The molecule has 4 nitrogen and oxygen atoms in total. The average molecular weight is 365 g/mol. The van der Waals surface area contributed by atoms with Crippen LogP contribution in [0, 0.1) is 11.2 Å². The predicted molar refractivity (Wildman–Crippen MR) is 105 cm³/mol. The average Bonchev–Trinajstić information content (AvgIpc) is 3.11. The van der Waals surface area contributed by atoms with E-state index in [1.807, 2.05) is 57.3 Å². The lowest BCUT2D eigenvalue weighted by molar-refractivity contribution is -0.129. The summed E-state index contributed by atoms with van der Waals surface area (Å²) < 4.78 is 15.1. The van der Waals surface area contributed by atoms with Crippen LogP contribution >= 0.6 is 0 Å². The molecule has 3 aromatic rings. The summed E-state index contributed by atoms with van der Waals surface area (Å²) in [6.07, 6.45) is 2.67. The minimum Gasteiger partial charge on any atom is -0.351 e. The summed E-state index contributed by atoms with van der Waals surface area (Å²) in [4.78, 5) is 12.5. The van der Waals surface area contributed by atoms with Crippen molar-refractivity contribution in [2.45, 2.75) is 33.7 Å². The molecule has 0 saturated carbocycles. The van der Waals surface area contributed by atoms with Crippen molar-refractivity contribution in [3.63, 3.8) is 0 Å². The van der Waals surface area contributed by atoms with E-state index < -0.39 is 5.41 Å². The van der Waals surface area contributed by atoms with Gasteiger partial charge in [0, 0.05) is 29.3 Å². The van der Waals surface area contributed by atoms with Crippen molar-refractivity contribution >= 4 is 5.91 Å². The van der Waals surface area contributed by atoms with Crippen molar-refractivity contribution in [1.82, 2.24) is 15.1 Å². The molecule has 1 aromatic heterocycles. The normalized spacial score (nSPS) is 11.4. The first kappa shape index (κ1) is 18.8. The Morgan fingerprint density at radius 1 is 1.11 bits per heavy atom. The molecule has 3 rings (SSSR count). The number of hydrogen-bond donors (Lipinski definition) is 1. The first-order valence-electron chi connectivity index (χ1n) is 9.09. The Morgan fingerprint density at radius 2 is 1.78 bits per heavy atom. The molecule has 0 aliphatic carbocycles. The molecule has 0 bridgehead atoms. The van der Waals surface area contributed by atoms with Crippen LogP contribution < -0.4 is 5.32 Å². The zero-order valence-corrected chi connectivity index (χ0v) is 15.9. The van der Waals surface area contributed by atoms with Gasteiger partial charge >= 0.3 is 0 Å². The number of carbonyl (C=O) groups excluding carboxylic acids is 1. The van der Waals surface area contributed by atoms with Gasteiger partial charge in [0.2, 0.25) is 5.91 Å². The minimum atomic E-state index is -0.425. The van der Waals surface area contributed by atoms with Crippen molar-refractivity contribution in [3.8, 4) is 16.9 Å². The lowest BCUT2D eigenvalue weighted by Crippen LogP contribution is -2.36. The molecular weight excluding hydrogens is 341 g/mol. The minimum absolute atomic E-state index is 0.00233. The topological polar surface area (TPSA) is 46.9 Å². The number of amides is 1. The van der Waals surface area contributed by atoms with Gasteiger partial charge < -0.3 is 5.32 Å². The van der Waals surface area contributed by atoms with E-state index in [1.165, 1.54) is 12.1 Å². The molecule has 0 unspecified atom stereocenters. The summed E-state index contributed by atoms with van der Waals surface area (Å²) in [6.45, 7) is 6.21. The molecule has 5 heteroatoms. The fourth-order valence-electron chi connectivity index (χ4n) is 2.68. The first-order chi connectivity index (χ1) is 12.9. The van der Waals surface area contributed by atoms with E-state index in [2.05, 4.69) is 10.4 Å². The largest absolute Gasteiger partial charge is 0.351 e. The molecule has 2 aromatic carbocycles. The Bertz CT molecular complexity index is 914. The van der Waals surface area contributed by atoms with Crippen LogP contribution in [-0.4, -0.2) is 15.7 Å². The Kier molecular flexibility index (Phi) is 5.40. The van der Waals surface area contributed by atoms with Gasteiger partial charge in [-0.25, -0.2) is 9.07 Å². The van der Waals surface area contributed by atoms with Gasteiger partial charge in [0.05, 0.1) is 11.4 Å². The Morgan fingerprint density at radius 3 is 2.41 bits per heavy atom. The maximum absolute atomic E-state index is 13.3. The van der Waals surface area contributed by atoms with E-state index in [0.29, 0.717) is 6.54 Å². The molecule has 140 valence electrons. The van der Waals surface area contributed by atoms with Gasteiger partial charge in [-0.2, -0.15) is 5.10 Å². The quantitative estimate of drug-likeness (QED) is 0.686. The molecule has 1 heterocycles. The molecule has 0 saturated heterocycles. The molecule has 0 spiro atoms. The van der Waals surface area contributed by atoms with Crippen molar-refractivity contribution in [2.24, 2.45) is 5.41 Å². The first-order valence-corrected chi connectivity index (χ1v) is 9.09. The standard InChI is InChI=1S/C22H24FN3O/c1-4-22(2,3)21(27)24-14-17-15-26(19-8-6-5-7-9-19)25-20(17)16-10-12-18(23)13-11-16/h5-13,15H,4,14H2,1-3H3,(H,24,27). The van der Waals surface area contributed by atoms with Gasteiger partial charge in [-0.05, 0) is 42.8 Å². The van der Waals surface area contributed by atoms with E-state index in [4.69, 9.17) is 0 Å². The smallest absolute Gasteiger partial charge is 0.225 e. The summed E-state index contributed by atoms with van der Waals surface area (Å²) in [7, 11) is 0. The zero-order chi connectivity index (χ0) is 19.4. The molecule has 0 radical (unpaired) electrons. The second-order valence-corrected chi connectivity index (χ2v) is 7.21. The molecule has 0 aliphatic heterocycles. The van der Waals surface area contributed by atoms with Crippen LogP contribution in [-0.2, 0) is 11.3 Å². The number of aromatic nitrogens is 2. The highest BCUT2D eigenvalue weighted by Gasteiger charge is 2.25. The van der Waals surface area contributed by atoms with Crippen molar-refractivity contribution in [2.75, 3.05) is 0 Å². The lowest BCUT2D eigenvalue weighted by Gasteiger charge is -2.21. The number of nitrogens with zero attached hydrogens (tertiary/aromatic N) is 2. The summed E-state index contributed by atoms with van der Waals surface area (Å²) >= 11 is 0. The maximum atomic E-state index is 13.3. The van der Waals surface area contributed by atoms with Crippen LogP contribution in [0.2, 0.25) is 0 Å². The zero-order valence-electron chi connectivity index (χ0n) is 15.9. The van der Waals surface area contributed by atoms with Crippen LogP contribution in [0.25, 0.3) is 16.9 Å². The van der Waals surface area contributed by atoms with E-state index >= 15 is 0 Å². The summed E-state index contributed by atoms with van der Waals surface area (Å²) in [5.41, 5.74) is 2.92. The van der Waals surface area contributed by atoms with Gasteiger partial charge in [0.1, 0.15) is 5.82 Å². The van der Waals surface area contributed by atoms with Crippen molar-refractivity contribution < 1.29 is 9.18 Å². The molecular formula is C22H24FN3O. The third-order valence-electron chi connectivity index (χ3n) is 4.87. The second kappa shape index (κ2) is 7.74. The number of carbonyl (C=O) groups is 1. The van der Waals surface area contributed by atoms with E-state index in [1.54, 1.807) is 16.8 Å². The van der Waals surface area contributed by atoms with Crippen LogP contribution in [0.5, 0.6) is 0 Å². The van der Waals surface area contributed by atoms with Gasteiger partial charge in [-0.3, -0.25) is 4.79 Å². The number of benzene rings is 2. The molecule has 0 aliphatic rings. The lowest BCUT2D eigenvalue weighted by atomic mass is 9.89. The fourth-order valence-corrected chi connectivity index (χ4v) is 2.68. The summed E-state index contributed by atoms with van der Waals surface area (Å²) in [5, 5.41) is 7.69. The van der Waals surface area contributed by atoms with Gasteiger partial charge in [-0.1, -0.05) is 39.0 Å². The third-order valence-corrected chi connectivity index (χ3v) is 4.87. The fraction of sp³-hybridized carbons (Fsp3) is 0.273. The molecule has 1 amide bonds. The Hall–Kier alpha value is -2.95. The summed E-state index contributed by atoms with van der Waals surface area (Å²) in [6, 6.07) is 16.0. The molecule has 27 heavy (non-hydrogen) atoms. The van der Waals surface area contributed by atoms with Crippen LogP contribution in [0.4, 0.5) is 4.39 Å². The highest BCUT2D eigenvalue weighted by molar-refractivity contribution is 5.81. The molecule has 1 N–H and O–H groups in total. The van der Waals surface area contributed by atoms with E-state index in [0.717, 1.165) is 28.9 Å². The number of halogens is 1. The predicted octanol–water partition coefficient (Wildman–Crippen LogP) is 4.73. The van der Waals surface area contributed by atoms with Gasteiger partial charge in [0.25, 0.3) is 0 Å². The monoisotopic (exact) mass is 365 g/mol. The highest BCUT2D eigenvalue weighted by atomic mass is 19.1. The number of rotatable bonds is 6. The van der Waals surface area contributed by atoms with Crippen LogP contribution in [0.15, 0.2) is 60.8 Å². The SMILES string of the molecule is CCC(C)(C)C(=O)NCc1cn(-c2ccccc2)nc1-c1ccc(F)cc1. The van der Waals surface area contributed by atoms with E-state index in [9.17, 15) is 9.18 Å².